The Kier molecular flexibility index (Phi) is 9.35. The average Bonchev–Trinajstić information content (AvgIpc) is 2.95. The number of pyridine rings is 1. The van der Waals surface area contributed by atoms with E-state index in [1.165, 1.54) is 5.56 Å². The zero-order valence-corrected chi connectivity index (χ0v) is 21.9. The van der Waals surface area contributed by atoms with Gasteiger partial charge in [0, 0.05) is 5.56 Å². The van der Waals surface area contributed by atoms with Gasteiger partial charge in [0.1, 0.15) is 23.9 Å². The first-order valence-corrected chi connectivity index (χ1v) is 12.9. The number of hydrogen-bond donors (Lipinski definition) is 1. The Morgan fingerprint density at radius 3 is 2.32 bits per heavy atom. The van der Waals surface area contributed by atoms with Crippen molar-refractivity contribution in [3.63, 3.8) is 0 Å². The molecule has 0 aliphatic heterocycles. The van der Waals surface area contributed by atoms with Gasteiger partial charge in [-0.15, -0.1) is 0 Å². The first-order chi connectivity index (χ1) is 18.6. The highest BCUT2D eigenvalue weighted by molar-refractivity contribution is 5.89. The van der Waals surface area contributed by atoms with Crippen LogP contribution in [0.15, 0.2) is 84.9 Å². The highest BCUT2D eigenvalue weighted by atomic mass is 16.5. The number of methoxy groups -OCH3 is 1. The van der Waals surface area contributed by atoms with Crippen molar-refractivity contribution in [3.05, 3.63) is 107 Å². The van der Waals surface area contributed by atoms with Gasteiger partial charge in [0.2, 0.25) is 0 Å². The summed E-state index contributed by atoms with van der Waals surface area (Å²) in [6.45, 7) is 3.02. The van der Waals surface area contributed by atoms with Crippen LogP contribution in [0.1, 0.15) is 46.9 Å². The molecular formula is C32H33NO5. The van der Waals surface area contributed by atoms with Crippen molar-refractivity contribution in [3.8, 4) is 28.5 Å². The molecule has 6 heteroatoms. The second-order valence-corrected chi connectivity index (χ2v) is 8.98. The fraction of sp³-hybridized carbons (Fsp3) is 0.250. The van der Waals surface area contributed by atoms with Gasteiger partial charge in [-0.3, -0.25) is 4.98 Å². The number of aromatic nitrogens is 1. The van der Waals surface area contributed by atoms with Crippen LogP contribution in [0.4, 0.5) is 0 Å². The molecule has 6 nitrogen and oxygen atoms in total. The van der Waals surface area contributed by atoms with E-state index in [0.717, 1.165) is 29.7 Å². The van der Waals surface area contributed by atoms with Gasteiger partial charge in [-0.25, -0.2) is 4.79 Å². The summed E-state index contributed by atoms with van der Waals surface area (Å²) in [6, 6.07) is 26.9. The topological polar surface area (TPSA) is 77.9 Å². The number of rotatable bonds is 13. The number of aryl methyl sites for hydroxylation is 2. The first kappa shape index (κ1) is 26.7. The van der Waals surface area contributed by atoms with Crippen molar-refractivity contribution in [2.75, 3.05) is 13.7 Å². The lowest BCUT2D eigenvalue weighted by atomic mass is 10.0. The molecule has 3 aromatic carbocycles. The Morgan fingerprint density at radius 2 is 1.61 bits per heavy atom. The molecule has 0 saturated heterocycles. The molecule has 0 unspecified atom stereocenters. The van der Waals surface area contributed by atoms with Gasteiger partial charge in [-0.2, -0.15) is 0 Å². The molecule has 0 bridgehead atoms. The molecule has 0 amide bonds. The van der Waals surface area contributed by atoms with Crippen molar-refractivity contribution in [2.45, 2.75) is 39.2 Å². The number of aromatic carboxylic acids is 1. The Hall–Kier alpha value is -4.32. The number of carbonyl (C=O) groups is 1. The van der Waals surface area contributed by atoms with Crippen LogP contribution in [0.3, 0.4) is 0 Å². The summed E-state index contributed by atoms with van der Waals surface area (Å²) in [7, 11) is 1.60. The lowest BCUT2D eigenvalue weighted by Crippen LogP contribution is -2.08. The van der Waals surface area contributed by atoms with E-state index in [-0.39, 0.29) is 5.56 Å². The van der Waals surface area contributed by atoms with Crippen LogP contribution in [-0.4, -0.2) is 29.8 Å². The van der Waals surface area contributed by atoms with E-state index in [4.69, 9.17) is 19.2 Å². The molecule has 4 aromatic rings. The van der Waals surface area contributed by atoms with Crippen LogP contribution < -0.4 is 14.2 Å². The Morgan fingerprint density at radius 1 is 0.842 bits per heavy atom. The molecule has 0 atom stereocenters. The number of nitrogens with zero attached hydrogens (tertiary/aromatic N) is 1. The summed E-state index contributed by atoms with van der Waals surface area (Å²) in [5.41, 5.74) is 4.39. The van der Waals surface area contributed by atoms with Crippen LogP contribution in [0.25, 0.3) is 11.3 Å². The van der Waals surface area contributed by atoms with Gasteiger partial charge in [-0.05, 0) is 72.9 Å². The standard InChI is InChI=1S/C32H33NO5/c1-3-8-23-12-14-25(15-13-23)37-20-7-11-29-27(32(34)35)17-18-30(33-29)28-21-26(36-2)16-19-31(28)38-22-24-9-5-4-6-10-24/h4-6,9-10,12-19,21H,3,7-8,11,20,22H2,1-2H3,(H,34,35). The van der Waals surface area contributed by atoms with Crippen molar-refractivity contribution in [1.29, 1.82) is 0 Å². The monoisotopic (exact) mass is 511 g/mol. The summed E-state index contributed by atoms with van der Waals surface area (Å²) >= 11 is 0. The van der Waals surface area contributed by atoms with Gasteiger partial charge in [0.25, 0.3) is 0 Å². The largest absolute Gasteiger partial charge is 0.497 e. The molecule has 0 aliphatic carbocycles. The summed E-state index contributed by atoms with van der Waals surface area (Å²) in [6.07, 6.45) is 3.25. The second-order valence-electron chi connectivity index (χ2n) is 8.98. The number of carboxylic acids is 1. The molecule has 0 radical (unpaired) electrons. The first-order valence-electron chi connectivity index (χ1n) is 12.9. The van der Waals surface area contributed by atoms with Crippen LogP contribution in [0, 0.1) is 0 Å². The summed E-state index contributed by atoms with van der Waals surface area (Å²) in [5, 5.41) is 9.76. The minimum atomic E-state index is -1.00. The molecule has 1 aromatic heterocycles. The highest BCUT2D eigenvalue weighted by Gasteiger charge is 2.16. The van der Waals surface area contributed by atoms with Crippen LogP contribution in [-0.2, 0) is 19.4 Å². The SMILES string of the molecule is CCCc1ccc(OCCCc2nc(-c3cc(OC)ccc3OCc3ccccc3)ccc2C(=O)O)cc1. The smallest absolute Gasteiger partial charge is 0.337 e. The Balaban J connectivity index is 1.50. The van der Waals surface area contributed by atoms with Crippen LogP contribution in [0.5, 0.6) is 17.2 Å². The summed E-state index contributed by atoms with van der Waals surface area (Å²) < 4.78 is 17.5. The molecule has 38 heavy (non-hydrogen) atoms. The third kappa shape index (κ3) is 7.13. The van der Waals surface area contributed by atoms with Crippen LogP contribution >= 0.6 is 0 Å². The number of hydrogen-bond acceptors (Lipinski definition) is 5. The zero-order valence-electron chi connectivity index (χ0n) is 21.9. The quantitative estimate of drug-likeness (QED) is 0.195. The molecule has 196 valence electrons. The lowest BCUT2D eigenvalue weighted by molar-refractivity contribution is 0.0695. The molecule has 1 heterocycles. The average molecular weight is 512 g/mol. The van der Waals surface area contributed by atoms with Crippen molar-refractivity contribution >= 4 is 5.97 Å². The molecular weight excluding hydrogens is 478 g/mol. The van der Waals surface area contributed by atoms with E-state index in [1.54, 1.807) is 19.2 Å². The Labute approximate surface area is 223 Å². The van der Waals surface area contributed by atoms with Gasteiger partial charge < -0.3 is 19.3 Å². The number of ether oxygens (including phenoxy) is 3. The van der Waals surface area contributed by atoms with E-state index in [9.17, 15) is 9.90 Å². The normalized spacial score (nSPS) is 10.7. The predicted octanol–water partition coefficient (Wildman–Crippen LogP) is 7.00. The van der Waals surface area contributed by atoms with Gasteiger partial charge in [0.05, 0.1) is 30.7 Å². The van der Waals surface area contributed by atoms with Gasteiger partial charge in [-0.1, -0.05) is 55.8 Å². The molecule has 0 fully saturated rings. The van der Waals surface area contributed by atoms with E-state index >= 15 is 0 Å². The second kappa shape index (κ2) is 13.3. The highest BCUT2D eigenvalue weighted by Crippen LogP contribution is 2.34. The van der Waals surface area contributed by atoms with E-state index in [2.05, 4.69) is 19.1 Å². The maximum Gasteiger partial charge on any atom is 0.337 e. The molecule has 0 spiro atoms. The number of benzene rings is 3. The molecule has 0 aliphatic rings. The maximum absolute atomic E-state index is 11.9. The maximum atomic E-state index is 11.9. The van der Waals surface area contributed by atoms with E-state index in [0.29, 0.717) is 48.9 Å². The van der Waals surface area contributed by atoms with Crippen molar-refractivity contribution in [2.24, 2.45) is 0 Å². The van der Waals surface area contributed by atoms with Crippen LogP contribution in [0.2, 0.25) is 0 Å². The van der Waals surface area contributed by atoms with E-state index < -0.39 is 5.97 Å². The Bertz CT molecular complexity index is 1340. The van der Waals surface area contributed by atoms with E-state index in [1.807, 2.05) is 60.7 Å². The zero-order chi connectivity index (χ0) is 26.7. The summed E-state index contributed by atoms with van der Waals surface area (Å²) in [5.74, 6) is 1.11. The molecule has 1 N–H and O–H groups in total. The molecule has 4 rings (SSSR count). The fourth-order valence-electron chi connectivity index (χ4n) is 4.20. The third-order valence-electron chi connectivity index (χ3n) is 6.19. The fourth-order valence-corrected chi connectivity index (χ4v) is 4.20. The van der Waals surface area contributed by atoms with Gasteiger partial charge >= 0.3 is 5.97 Å². The van der Waals surface area contributed by atoms with Crippen molar-refractivity contribution < 1.29 is 24.1 Å². The lowest BCUT2D eigenvalue weighted by Gasteiger charge is -2.15. The number of carboxylic acid groups (broad SMARTS) is 1. The predicted molar refractivity (Wildman–Crippen MR) is 148 cm³/mol. The molecule has 0 saturated carbocycles. The van der Waals surface area contributed by atoms with Gasteiger partial charge in [0.15, 0.2) is 0 Å². The minimum absolute atomic E-state index is 0.187. The summed E-state index contributed by atoms with van der Waals surface area (Å²) in [4.78, 5) is 16.7. The van der Waals surface area contributed by atoms with Crippen molar-refractivity contribution in [1.82, 2.24) is 4.98 Å². The minimum Gasteiger partial charge on any atom is -0.497 e. The third-order valence-corrected chi connectivity index (χ3v) is 6.19.